The minimum Gasteiger partial charge on any atom is -0.367 e. The molecule has 1 aromatic heterocycles. The fourth-order valence-electron chi connectivity index (χ4n) is 2.57. The zero-order valence-electron chi connectivity index (χ0n) is 6.73. The van der Waals surface area contributed by atoms with E-state index in [1.165, 1.54) is 35.8 Å². The van der Waals surface area contributed by atoms with Gasteiger partial charge in [0.2, 0.25) is 5.95 Å². The highest BCUT2D eigenvalue weighted by Gasteiger charge is 2.54. The van der Waals surface area contributed by atoms with Gasteiger partial charge in [0.05, 0.1) is 0 Å². The number of hydrogen-bond acceptors (Lipinski definition) is 4. The molecule has 2 fully saturated rings. The van der Waals surface area contributed by atoms with Crippen molar-refractivity contribution < 1.29 is 0 Å². The average Bonchev–Trinajstić information content (AvgIpc) is 2.55. The molecule has 2 saturated carbocycles. The van der Waals surface area contributed by atoms with Gasteiger partial charge >= 0.3 is 0 Å². The summed E-state index contributed by atoms with van der Waals surface area (Å²) >= 11 is 1.49. The molecule has 0 amide bonds. The minimum absolute atomic E-state index is 0.458. The predicted octanol–water partition coefficient (Wildman–Crippen LogP) is 1.63. The third kappa shape index (κ3) is 0.813. The zero-order chi connectivity index (χ0) is 8.13. The SMILES string of the molecule is Nc1nsc(C2C3CCCC32)n1. The molecule has 2 unspecified atom stereocenters. The Balaban J connectivity index is 1.84. The lowest BCUT2D eigenvalue weighted by atomic mass is 10.1. The van der Waals surface area contributed by atoms with Gasteiger partial charge in [0, 0.05) is 5.92 Å². The highest BCUT2D eigenvalue weighted by molar-refractivity contribution is 7.05. The van der Waals surface area contributed by atoms with Gasteiger partial charge < -0.3 is 5.73 Å². The summed E-state index contributed by atoms with van der Waals surface area (Å²) in [5.74, 6) is 3.04. The molecule has 64 valence electrons. The molecule has 0 radical (unpaired) electrons. The van der Waals surface area contributed by atoms with Gasteiger partial charge in [-0.15, -0.1) is 0 Å². The van der Waals surface area contributed by atoms with Crippen LogP contribution in [-0.2, 0) is 0 Å². The number of aromatic nitrogens is 2. The van der Waals surface area contributed by atoms with Crippen LogP contribution < -0.4 is 5.73 Å². The molecule has 4 heteroatoms. The van der Waals surface area contributed by atoms with Crippen molar-refractivity contribution in [1.29, 1.82) is 0 Å². The smallest absolute Gasteiger partial charge is 0.232 e. The van der Waals surface area contributed by atoms with E-state index >= 15 is 0 Å². The number of nitrogen functional groups attached to an aromatic ring is 1. The van der Waals surface area contributed by atoms with Crippen LogP contribution in [0.25, 0.3) is 0 Å². The van der Waals surface area contributed by atoms with Crippen LogP contribution in [0.5, 0.6) is 0 Å². The van der Waals surface area contributed by atoms with Gasteiger partial charge in [-0.25, -0.2) is 4.98 Å². The van der Waals surface area contributed by atoms with Gasteiger partial charge in [-0.3, -0.25) is 0 Å². The molecule has 0 aromatic carbocycles. The minimum atomic E-state index is 0.458. The van der Waals surface area contributed by atoms with Crippen molar-refractivity contribution in [2.24, 2.45) is 11.8 Å². The average molecular weight is 181 g/mol. The molecule has 3 nitrogen and oxygen atoms in total. The van der Waals surface area contributed by atoms with Crippen LogP contribution in [0.2, 0.25) is 0 Å². The van der Waals surface area contributed by atoms with Gasteiger partial charge in [-0.2, -0.15) is 4.37 Å². The van der Waals surface area contributed by atoms with E-state index in [1.54, 1.807) is 0 Å². The van der Waals surface area contributed by atoms with Crippen molar-refractivity contribution in [2.45, 2.75) is 25.2 Å². The molecule has 1 aromatic rings. The molecule has 2 atom stereocenters. The highest BCUT2D eigenvalue weighted by atomic mass is 32.1. The number of rotatable bonds is 1. The summed E-state index contributed by atoms with van der Waals surface area (Å²) in [6, 6.07) is 0. The summed E-state index contributed by atoms with van der Waals surface area (Å²) in [4.78, 5) is 4.24. The van der Waals surface area contributed by atoms with Gasteiger partial charge in [0.1, 0.15) is 5.01 Å². The molecule has 12 heavy (non-hydrogen) atoms. The lowest BCUT2D eigenvalue weighted by Crippen LogP contribution is -1.89. The van der Waals surface area contributed by atoms with Crippen LogP contribution in [0.4, 0.5) is 5.95 Å². The predicted molar refractivity (Wildman–Crippen MR) is 47.9 cm³/mol. The van der Waals surface area contributed by atoms with Crippen molar-refractivity contribution >= 4 is 17.5 Å². The normalized spacial score (nSPS) is 38.2. The van der Waals surface area contributed by atoms with Crippen LogP contribution in [0, 0.1) is 11.8 Å². The first-order chi connectivity index (χ1) is 5.86. The molecular formula is C8H11N3S. The van der Waals surface area contributed by atoms with Crippen LogP contribution in [-0.4, -0.2) is 9.36 Å². The zero-order valence-corrected chi connectivity index (χ0v) is 7.55. The molecule has 1 heterocycles. The Morgan fingerprint density at radius 1 is 1.33 bits per heavy atom. The van der Waals surface area contributed by atoms with Crippen molar-refractivity contribution in [3.8, 4) is 0 Å². The number of fused-ring (bicyclic) bond motifs is 1. The molecular weight excluding hydrogens is 170 g/mol. The van der Waals surface area contributed by atoms with E-state index in [1.807, 2.05) is 0 Å². The van der Waals surface area contributed by atoms with Crippen molar-refractivity contribution in [1.82, 2.24) is 9.36 Å². The number of nitrogens with two attached hydrogens (primary N) is 1. The van der Waals surface area contributed by atoms with Crippen LogP contribution in [0.3, 0.4) is 0 Å². The molecule has 0 bridgehead atoms. The van der Waals surface area contributed by atoms with Gasteiger partial charge in [0.15, 0.2) is 0 Å². The van der Waals surface area contributed by atoms with Crippen molar-refractivity contribution in [3.05, 3.63) is 5.01 Å². The molecule has 2 aliphatic rings. The Labute approximate surface area is 75.2 Å². The van der Waals surface area contributed by atoms with E-state index in [0.29, 0.717) is 5.95 Å². The second kappa shape index (κ2) is 2.19. The molecule has 0 aliphatic heterocycles. The summed E-state index contributed by atoms with van der Waals surface area (Å²) in [5.41, 5.74) is 5.48. The quantitative estimate of drug-likeness (QED) is 0.716. The van der Waals surface area contributed by atoms with E-state index in [9.17, 15) is 0 Å². The first-order valence-electron chi connectivity index (χ1n) is 4.45. The van der Waals surface area contributed by atoms with Crippen molar-refractivity contribution in [3.63, 3.8) is 0 Å². The molecule has 0 saturated heterocycles. The fourth-order valence-corrected chi connectivity index (χ4v) is 3.40. The fraction of sp³-hybridized carbons (Fsp3) is 0.750. The van der Waals surface area contributed by atoms with E-state index in [2.05, 4.69) is 9.36 Å². The maximum absolute atomic E-state index is 5.48. The number of nitrogens with zero attached hydrogens (tertiary/aromatic N) is 2. The lowest BCUT2D eigenvalue weighted by molar-refractivity contribution is 0.680. The van der Waals surface area contributed by atoms with E-state index in [0.717, 1.165) is 17.8 Å². The summed E-state index contributed by atoms with van der Waals surface area (Å²) in [5, 5.41) is 1.18. The van der Waals surface area contributed by atoms with E-state index < -0.39 is 0 Å². The second-order valence-corrected chi connectivity index (χ2v) is 4.56. The Hall–Kier alpha value is -0.640. The molecule has 3 rings (SSSR count). The van der Waals surface area contributed by atoms with Crippen molar-refractivity contribution in [2.75, 3.05) is 5.73 Å². The first kappa shape index (κ1) is 6.83. The standard InChI is InChI=1S/C8H11N3S/c9-8-10-7(12-11-8)6-4-2-1-3-5(4)6/h4-6H,1-3H2,(H2,9,11). The summed E-state index contributed by atoms with van der Waals surface area (Å²) in [6.45, 7) is 0. The molecule has 2 N–H and O–H groups in total. The summed E-state index contributed by atoms with van der Waals surface area (Å²) in [7, 11) is 0. The van der Waals surface area contributed by atoms with Crippen LogP contribution in [0.1, 0.15) is 30.2 Å². The molecule has 2 aliphatic carbocycles. The third-order valence-electron chi connectivity index (χ3n) is 3.15. The van der Waals surface area contributed by atoms with E-state index in [4.69, 9.17) is 5.73 Å². The maximum atomic E-state index is 5.48. The lowest BCUT2D eigenvalue weighted by Gasteiger charge is -1.95. The Morgan fingerprint density at radius 3 is 2.67 bits per heavy atom. The third-order valence-corrected chi connectivity index (χ3v) is 3.98. The monoisotopic (exact) mass is 181 g/mol. The summed E-state index contributed by atoms with van der Waals surface area (Å²) in [6.07, 6.45) is 4.21. The highest BCUT2D eigenvalue weighted by Crippen LogP contribution is 2.63. The topological polar surface area (TPSA) is 51.8 Å². The van der Waals surface area contributed by atoms with Crippen LogP contribution >= 0.6 is 11.5 Å². The van der Waals surface area contributed by atoms with Crippen LogP contribution in [0.15, 0.2) is 0 Å². The second-order valence-electron chi connectivity index (χ2n) is 3.78. The Kier molecular flexibility index (Phi) is 1.25. The molecule has 0 spiro atoms. The van der Waals surface area contributed by atoms with Gasteiger partial charge in [-0.05, 0) is 36.2 Å². The van der Waals surface area contributed by atoms with Gasteiger partial charge in [-0.1, -0.05) is 6.42 Å². The number of anilines is 1. The maximum Gasteiger partial charge on any atom is 0.232 e. The Bertz CT molecular complexity index is 299. The largest absolute Gasteiger partial charge is 0.367 e. The first-order valence-corrected chi connectivity index (χ1v) is 5.22. The Morgan fingerprint density at radius 2 is 2.08 bits per heavy atom. The van der Waals surface area contributed by atoms with Gasteiger partial charge in [0.25, 0.3) is 0 Å². The van der Waals surface area contributed by atoms with E-state index in [-0.39, 0.29) is 0 Å². The number of hydrogen-bond donors (Lipinski definition) is 1. The summed E-state index contributed by atoms with van der Waals surface area (Å²) < 4.78 is 4.01.